The third kappa shape index (κ3) is 3.13. The second kappa shape index (κ2) is 6.04. The highest BCUT2D eigenvalue weighted by Crippen LogP contribution is 2.26. The maximum atomic E-state index is 13.5. The van der Waals surface area contributed by atoms with Gasteiger partial charge >= 0.3 is 0 Å². The quantitative estimate of drug-likeness (QED) is 0.639. The number of fused-ring (bicyclic) bond motifs is 1. The van der Waals surface area contributed by atoms with Gasteiger partial charge in [0, 0.05) is 17.5 Å². The number of amides is 1. The van der Waals surface area contributed by atoms with Gasteiger partial charge in [0.25, 0.3) is 5.91 Å². The topological polar surface area (TPSA) is 95.8 Å². The lowest BCUT2D eigenvalue weighted by Crippen LogP contribution is -2.26. The molecule has 1 aliphatic heterocycles. The van der Waals surface area contributed by atoms with Gasteiger partial charge in [-0.1, -0.05) is 0 Å². The molecule has 0 atom stereocenters. The van der Waals surface area contributed by atoms with E-state index in [2.05, 4.69) is 10.5 Å². The summed E-state index contributed by atoms with van der Waals surface area (Å²) in [6.45, 7) is 0. The van der Waals surface area contributed by atoms with Gasteiger partial charge in [-0.3, -0.25) is 4.79 Å². The molecule has 3 rings (SSSR count). The van der Waals surface area contributed by atoms with Crippen molar-refractivity contribution in [1.82, 2.24) is 5.43 Å². The molecule has 1 amide bonds. The van der Waals surface area contributed by atoms with Crippen molar-refractivity contribution in [2.75, 3.05) is 5.75 Å². The van der Waals surface area contributed by atoms with Gasteiger partial charge in [-0.05, 0) is 42.5 Å². The number of sulfone groups is 1. The summed E-state index contributed by atoms with van der Waals surface area (Å²) in [5.74, 6) is -1.23. The van der Waals surface area contributed by atoms with Gasteiger partial charge in [-0.2, -0.15) is 5.10 Å². The average Bonchev–Trinajstić information content (AvgIpc) is 2.54. The van der Waals surface area contributed by atoms with Crippen molar-refractivity contribution in [2.24, 2.45) is 5.10 Å². The molecule has 2 aromatic carbocycles. The van der Waals surface area contributed by atoms with Crippen LogP contribution < -0.4 is 5.43 Å². The SMILES string of the molecule is O=C(N/N=C1\CCS(=O)(=O)c2ccc(F)cc21)c1ccc(O)cc1. The second-order valence-electron chi connectivity index (χ2n) is 5.26. The lowest BCUT2D eigenvalue weighted by molar-refractivity contribution is 0.0955. The minimum atomic E-state index is -3.48. The maximum absolute atomic E-state index is 13.5. The van der Waals surface area contributed by atoms with Crippen molar-refractivity contribution < 1.29 is 22.7 Å². The highest BCUT2D eigenvalue weighted by Gasteiger charge is 2.28. The largest absolute Gasteiger partial charge is 0.508 e. The molecule has 0 aliphatic carbocycles. The van der Waals surface area contributed by atoms with E-state index >= 15 is 0 Å². The lowest BCUT2D eigenvalue weighted by Gasteiger charge is -2.18. The standard InChI is InChI=1S/C16H13FN2O4S/c17-11-3-6-15-13(9-11)14(7-8-24(15,22)23)18-19-16(21)10-1-4-12(20)5-2-10/h1-6,9,20H,7-8H2,(H,19,21)/b18-14+. The van der Waals surface area contributed by atoms with Crippen molar-refractivity contribution in [2.45, 2.75) is 11.3 Å². The number of phenols is 1. The van der Waals surface area contributed by atoms with E-state index in [-0.39, 0.29) is 33.9 Å². The van der Waals surface area contributed by atoms with Gasteiger partial charge in [-0.25, -0.2) is 18.2 Å². The molecule has 24 heavy (non-hydrogen) atoms. The average molecular weight is 348 g/mol. The fraction of sp³-hybridized carbons (Fsp3) is 0.125. The Labute approximate surface area is 137 Å². The zero-order valence-electron chi connectivity index (χ0n) is 12.4. The van der Waals surface area contributed by atoms with Gasteiger partial charge in [0.1, 0.15) is 11.6 Å². The van der Waals surface area contributed by atoms with E-state index in [9.17, 15) is 22.7 Å². The van der Waals surface area contributed by atoms with Crippen LogP contribution in [0.5, 0.6) is 5.75 Å². The van der Waals surface area contributed by atoms with Crippen LogP contribution in [0.2, 0.25) is 0 Å². The first-order chi connectivity index (χ1) is 11.4. The van der Waals surface area contributed by atoms with Crippen LogP contribution >= 0.6 is 0 Å². The number of hydrazone groups is 1. The molecular weight excluding hydrogens is 335 g/mol. The fourth-order valence-corrected chi connectivity index (χ4v) is 3.86. The minimum Gasteiger partial charge on any atom is -0.508 e. The Kier molecular flexibility index (Phi) is 4.06. The number of nitrogens with one attached hydrogen (secondary N) is 1. The Balaban J connectivity index is 1.90. The van der Waals surface area contributed by atoms with Crippen LogP contribution in [-0.4, -0.2) is 30.9 Å². The molecule has 8 heteroatoms. The van der Waals surface area contributed by atoms with E-state index in [1.54, 1.807) is 0 Å². The molecule has 2 N–H and O–H groups in total. The summed E-state index contributed by atoms with van der Waals surface area (Å²) < 4.78 is 37.5. The number of benzene rings is 2. The van der Waals surface area contributed by atoms with Crippen LogP contribution in [0, 0.1) is 5.82 Å². The van der Waals surface area contributed by atoms with Crippen molar-refractivity contribution in [3.05, 3.63) is 59.4 Å². The molecule has 1 aliphatic rings. The van der Waals surface area contributed by atoms with Crippen LogP contribution in [0.4, 0.5) is 4.39 Å². The zero-order chi connectivity index (χ0) is 17.3. The Hall–Kier alpha value is -2.74. The van der Waals surface area contributed by atoms with Crippen molar-refractivity contribution >= 4 is 21.5 Å². The molecule has 0 radical (unpaired) electrons. The van der Waals surface area contributed by atoms with Crippen molar-refractivity contribution in [3.8, 4) is 5.75 Å². The molecule has 124 valence electrons. The summed E-state index contributed by atoms with van der Waals surface area (Å²) in [6, 6.07) is 8.94. The summed E-state index contributed by atoms with van der Waals surface area (Å²) >= 11 is 0. The predicted molar refractivity (Wildman–Crippen MR) is 85.2 cm³/mol. The highest BCUT2D eigenvalue weighted by molar-refractivity contribution is 7.91. The van der Waals surface area contributed by atoms with Gasteiger partial charge in [0.05, 0.1) is 16.4 Å². The van der Waals surface area contributed by atoms with E-state index in [1.807, 2.05) is 0 Å². The van der Waals surface area contributed by atoms with Crippen molar-refractivity contribution in [1.29, 1.82) is 0 Å². The minimum absolute atomic E-state index is 0.00721. The monoisotopic (exact) mass is 348 g/mol. The van der Waals surface area contributed by atoms with Gasteiger partial charge in [-0.15, -0.1) is 0 Å². The Bertz CT molecular complexity index is 937. The summed E-state index contributed by atoms with van der Waals surface area (Å²) in [7, 11) is -3.48. The normalized spacial score (nSPS) is 17.3. The van der Waals surface area contributed by atoms with Crippen molar-refractivity contribution in [3.63, 3.8) is 0 Å². The molecule has 0 spiro atoms. The first-order valence-electron chi connectivity index (χ1n) is 7.05. The molecule has 0 bridgehead atoms. The summed E-state index contributed by atoms with van der Waals surface area (Å²) in [4.78, 5) is 12.0. The third-order valence-corrected chi connectivity index (χ3v) is 5.38. The first kappa shape index (κ1) is 16.1. The third-order valence-electron chi connectivity index (χ3n) is 3.62. The second-order valence-corrected chi connectivity index (χ2v) is 7.33. The number of aromatic hydroxyl groups is 1. The predicted octanol–water partition coefficient (Wildman–Crippen LogP) is 1.84. The molecule has 6 nitrogen and oxygen atoms in total. The fourth-order valence-electron chi connectivity index (χ4n) is 2.39. The summed E-state index contributed by atoms with van der Waals surface area (Å²) in [6.07, 6.45) is 0.0780. The number of carbonyl (C=O) groups is 1. The molecule has 0 saturated heterocycles. The van der Waals surface area contributed by atoms with E-state index in [0.717, 1.165) is 12.1 Å². The van der Waals surface area contributed by atoms with Gasteiger partial charge in [0.15, 0.2) is 9.84 Å². The lowest BCUT2D eigenvalue weighted by atomic mass is 10.1. The van der Waals surface area contributed by atoms with Crippen LogP contribution in [0.1, 0.15) is 22.3 Å². The molecule has 0 aromatic heterocycles. The van der Waals surface area contributed by atoms with Gasteiger partial charge in [0.2, 0.25) is 0 Å². The van der Waals surface area contributed by atoms with E-state index in [4.69, 9.17) is 0 Å². The van der Waals surface area contributed by atoms with E-state index in [0.29, 0.717) is 5.71 Å². The molecule has 2 aromatic rings. The highest BCUT2D eigenvalue weighted by atomic mass is 32.2. The van der Waals surface area contributed by atoms with Crippen LogP contribution in [0.3, 0.4) is 0 Å². The summed E-state index contributed by atoms with van der Waals surface area (Å²) in [5.41, 5.74) is 3.06. The number of nitrogens with zero attached hydrogens (tertiary/aromatic N) is 1. The summed E-state index contributed by atoms with van der Waals surface area (Å²) in [5, 5.41) is 13.2. The first-order valence-corrected chi connectivity index (χ1v) is 8.71. The Morgan fingerprint density at radius 1 is 1.17 bits per heavy atom. The number of rotatable bonds is 2. The molecule has 0 fully saturated rings. The Morgan fingerprint density at radius 3 is 2.58 bits per heavy atom. The number of phenolic OH excluding ortho intramolecular Hbond substituents is 1. The molecular formula is C16H13FN2O4S. The number of hydrogen-bond donors (Lipinski definition) is 2. The van der Waals surface area contributed by atoms with Gasteiger partial charge < -0.3 is 5.11 Å². The number of hydrogen-bond acceptors (Lipinski definition) is 5. The molecule has 1 heterocycles. The number of carbonyl (C=O) groups excluding carboxylic acids is 1. The van der Waals surface area contributed by atoms with E-state index < -0.39 is 21.6 Å². The van der Waals surface area contributed by atoms with E-state index in [1.165, 1.54) is 30.3 Å². The maximum Gasteiger partial charge on any atom is 0.271 e. The van der Waals surface area contributed by atoms with Crippen LogP contribution in [0.15, 0.2) is 52.5 Å². The Morgan fingerprint density at radius 2 is 1.88 bits per heavy atom. The molecule has 0 saturated carbocycles. The smallest absolute Gasteiger partial charge is 0.271 e. The number of halogens is 1. The zero-order valence-corrected chi connectivity index (χ0v) is 13.2. The van der Waals surface area contributed by atoms with Crippen LogP contribution in [-0.2, 0) is 9.84 Å². The molecule has 0 unspecified atom stereocenters. The van der Waals surface area contributed by atoms with Crippen LogP contribution in [0.25, 0.3) is 0 Å².